The van der Waals surface area contributed by atoms with E-state index in [-0.39, 0.29) is 18.7 Å². The largest absolute Gasteiger partial charge is 0.463 e. The highest BCUT2D eigenvalue weighted by Gasteiger charge is 2.00. The summed E-state index contributed by atoms with van der Waals surface area (Å²) in [5, 5.41) is 0. The van der Waals surface area contributed by atoms with Gasteiger partial charge in [0.05, 0.1) is 105 Å². The molecule has 0 aliphatic rings. The van der Waals surface area contributed by atoms with Crippen LogP contribution in [0.2, 0.25) is 0 Å². The van der Waals surface area contributed by atoms with Gasteiger partial charge in [-0.05, 0) is 20.3 Å². The van der Waals surface area contributed by atoms with Gasteiger partial charge < -0.3 is 42.6 Å². The maximum absolute atomic E-state index is 11.1. The molecule has 0 fully saturated rings. The molecule has 0 radical (unpaired) electrons. The number of ether oxygens (including phenoxy) is 9. The van der Waals surface area contributed by atoms with Gasteiger partial charge >= 0.3 is 5.97 Å². The molecule has 0 unspecified atom stereocenters. The minimum atomic E-state index is -0.183. The Bertz CT molecular complexity index is 395. The van der Waals surface area contributed by atoms with E-state index in [2.05, 4.69) is 0 Å². The van der Waals surface area contributed by atoms with Crippen molar-refractivity contribution in [2.75, 3.05) is 106 Å². The lowest BCUT2D eigenvalue weighted by molar-refractivity contribution is -0.145. The van der Waals surface area contributed by atoms with Crippen LogP contribution in [0.4, 0.5) is 0 Å². The molecule has 10 nitrogen and oxygen atoms in total. The third kappa shape index (κ3) is 29.1. The molecule has 0 aliphatic carbocycles. The first-order valence-electron chi connectivity index (χ1n) is 12.0. The Morgan fingerprint density at radius 1 is 0.515 bits per heavy atom. The fraction of sp³-hybridized carbons (Fsp3) is 0.957. The molecule has 0 atom stereocenters. The summed E-state index contributed by atoms with van der Waals surface area (Å²) in [6.45, 7) is 14.0. The van der Waals surface area contributed by atoms with Crippen LogP contribution in [-0.2, 0) is 47.4 Å². The molecular formula is C23H46O10. The van der Waals surface area contributed by atoms with Crippen LogP contribution in [0.15, 0.2) is 0 Å². The smallest absolute Gasteiger partial charge is 0.305 e. The second kappa shape index (κ2) is 27.4. The topological polar surface area (TPSA) is 100 Å². The van der Waals surface area contributed by atoms with Crippen molar-refractivity contribution in [3.8, 4) is 0 Å². The first-order chi connectivity index (χ1) is 16.2. The molecule has 33 heavy (non-hydrogen) atoms. The summed E-state index contributed by atoms with van der Waals surface area (Å²) in [5.74, 6) is -0.183. The molecule has 198 valence electrons. The quantitative estimate of drug-likeness (QED) is 0.127. The molecule has 0 N–H and O–H groups in total. The van der Waals surface area contributed by atoms with Crippen molar-refractivity contribution >= 4 is 5.97 Å². The number of carbonyl (C=O) groups is 1. The van der Waals surface area contributed by atoms with Gasteiger partial charge in [0.1, 0.15) is 6.61 Å². The SMILES string of the molecule is CCCC(=O)OCCOCCOCCOCCOCCOCCOCCOCCOC(C)C. The van der Waals surface area contributed by atoms with Gasteiger partial charge in [-0.1, -0.05) is 6.92 Å². The van der Waals surface area contributed by atoms with Gasteiger partial charge in [-0.15, -0.1) is 0 Å². The Hall–Kier alpha value is -0.850. The third-order valence-electron chi connectivity index (χ3n) is 3.86. The summed E-state index contributed by atoms with van der Waals surface area (Å²) in [6, 6.07) is 0. The molecular weight excluding hydrogens is 436 g/mol. The van der Waals surface area contributed by atoms with Gasteiger partial charge in [0.2, 0.25) is 0 Å². The minimum Gasteiger partial charge on any atom is -0.463 e. The van der Waals surface area contributed by atoms with E-state index in [4.69, 9.17) is 42.6 Å². The molecule has 0 bridgehead atoms. The van der Waals surface area contributed by atoms with E-state index >= 15 is 0 Å². The van der Waals surface area contributed by atoms with Crippen LogP contribution in [-0.4, -0.2) is 118 Å². The molecule has 0 saturated heterocycles. The Morgan fingerprint density at radius 2 is 0.818 bits per heavy atom. The zero-order valence-corrected chi connectivity index (χ0v) is 20.9. The third-order valence-corrected chi connectivity index (χ3v) is 3.86. The van der Waals surface area contributed by atoms with Crippen LogP contribution < -0.4 is 0 Å². The van der Waals surface area contributed by atoms with Crippen molar-refractivity contribution in [2.24, 2.45) is 0 Å². The number of carbonyl (C=O) groups excluding carboxylic acids is 1. The lowest BCUT2D eigenvalue weighted by atomic mass is 10.3. The normalized spacial score (nSPS) is 11.4. The predicted octanol–water partition coefficient (Wildman–Crippen LogP) is 1.87. The van der Waals surface area contributed by atoms with Crippen molar-refractivity contribution in [3.05, 3.63) is 0 Å². The van der Waals surface area contributed by atoms with Gasteiger partial charge in [0.25, 0.3) is 0 Å². The van der Waals surface area contributed by atoms with Crippen LogP contribution >= 0.6 is 0 Å². The maximum Gasteiger partial charge on any atom is 0.305 e. The van der Waals surface area contributed by atoms with Gasteiger partial charge in [0.15, 0.2) is 0 Å². The average Bonchev–Trinajstić information content (AvgIpc) is 2.79. The molecule has 0 aromatic rings. The zero-order chi connectivity index (χ0) is 24.2. The highest BCUT2D eigenvalue weighted by molar-refractivity contribution is 5.69. The predicted molar refractivity (Wildman–Crippen MR) is 123 cm³/mol. The number of hydrogen-bond donors (Lipinski definition) is 0. The van der Waals surface area contributed by atoms with Gasteiger partial charge in [-0.2, -0.15) is 0 Å². The summed E-state index contributed by atoms with van der Waals surface area (Å²) in [7, 11) is 0. The fourth-order valence-electron chi connectivity index (χ4n) is 2.26. The van der Waals surface area contributed by atoms with Crippen LogP contribution in [0, 0.1) is 0 Å². The highest BCUT2D eigenvalue weighted by atomic mass is 16.6. The molecule has 0 aromatic heterocycles. The van der Waals surface area contributed by atoms with Crippen molar-refractivity contribution in [1.29, 1.82) is 0 Å². The molecule has 0 spiro atoms. The molecule has 0 saturated carbocycles. The van der Waals surface area contributed by atoms with Crippen LogP contribution in [0.3, 0.4) is 0 Å². The number of hydrogen-bond acceptors (Lipinski definition) is 10. The van der Waals surface area contributed by atoms with Crippen LogP contribution in [0.25, 0.3) is 0 Å². The van der Waals surface area contributed by atoms with E-state index in [0.717, 1.165) is 6.42 Å². The summed E-state index contributed by atoms with van der Waals surface area (Å²) in [5.41, 5.74) is 0. The lowest BCUT2D eigenvalue weighted by Crippen LogP contribution is -2.15. The fourth-order valence-corrected chi connectivity index (χ4v) is 2.26. The van der Waals surface area contributed by atoms with Crippen LogP contribution in [0.1, 0.15) is 33.6 Å². The summed E-state index contributed by atoms with van der Waals surface area (Å²) in [4.78, 5) is 11.1. The van der Waals surface area contributed by atoms with Crippen molar-refractivity contribution in [1.82, 2.24) is 0 Å². The van der Waals surface area contributed by atoms with Crippen molar-refractivity contribution in [2.45, 2.75) is 39.7 Å². The minimum absolute atomic E-state index is 0.183. The molecule has 0 amide bonds. The van der Waals surface area contributed by atoms with Crippen LogP contribution in [0.5, 0.6) is 0 Å². The first kappa shape index (κ1) is 32.1. The Labute approximate surface area is 199 Å². The van der Waals surface area contributed by atoms with E-state index in [1.54, 1.807) is 0 Å². The molecule has 0 rings (SSSR count). The van der Waals surface area contributed by atoms with Gasteiger partial charge in [-0.25, -0.2) is 0 Å². The molecule has 10 heteroatoms. The number of esters is 1. The van der Waals surface area contributed by atoms with E-state index in [9.17, 15) is 4.79 Å². The highest BCUT2D eigenvalue weighted by Crippen LogP contribution is 1.91. The number of rotatable bonds is 27. The first-order valence-corrected chi connectivity index (χ1v) is 12.0. The van der Waals surface area contributed by atoms with Gasteiger partial charge in [-0.3, -0.25) is 4.79 Å². The van der Waals surface area contributed by atoms with Crippen molar-refractivity contribution < 1.29 is 47.4 Å². The summed E-state index contributed by atoms with van der Waals surface area (Å²) in [6.07, 6.45) is 1.47. The standard InChI is InChI=1S/C23H46O10/c1-4-5-23(24)33-21-19-31-17-15-29-13-11-27-9-7-25-6-8-26-10-12-28-14-16-30-18-20-32-22(2)3/h22H,4-21H2,1-3H3. The maximum atomic E-state index is 11.1. The van der Waals surface area contributed by atoms with E-state index in [1.807, 2.05) is 20.8 Å². The van der Waals surface area contributed by atoms with Gasteiger partial charge in [0, 0.05) is 6.42 Å². The second-order valence-electron chi connectivity index (χ2n) is 7.18. The molecule has 0 aromatic carbocycles. The monoisotopic (exact) mass is 482 g/mol. The Kier molecular flexibility index (Phi) is 26.7. The Morgan fingerprint density at radius 3 is 1.12 bits per heavy atom. The molecule has 0 aliphatic heterocycles. The van der Waals surface area contributed by atoms with E-state index in [0.29, 0.717) is 106 Å². The van der Waals surface area contributed by atoms with E-state index < -0.39 is 0 Å². The summed E-state index contributed by atoms with van der Waals surface area (Å²) >= 11 is 0. The molecule has 0 heterocycles. The lowest BCUT2D eigenvalue weighted by Gasteiger charge is -2.09. The summed E-state index contributed by atoms with van der Waals surface area (Å²) < 4.78 is 48.1. The average molecular weight is 483 g/mol. The Balaban J connectivity index is 3.04. The second-order valence-corrected chi connectivity index (χ2v) is 7.18. The van der Waals surface area contributed by atoms with Crippen molar-refractivity contribution in [3.63, 3.8) is 0 Å². The van der Waals surface area contributed by atoms with E-state index in [1.165, 1.54) is 0 Å². The zero-order valence-electron chi connectivity index (χ0n) is 20.9.